The van der Waals surface area contributed by atoms with Crippen molar-refractivity contribution in [3.63, 3.8) is 0 Å². The summed E-state index contributed by atoms with van der Waals surface area (Å²) in [5.74, 6) is 2.92. The molecular formula is C14H23NO2S. The molecule has 1 aromatic carbocycles. The van der Waals surface area contributed by atoms with Crippen LogP contribution in [-0.4, -0.2) is 32.8 Å². The van der Waals surface area contributed by atoms with Gasteiger partial charge in [-0.05, 0) is 43.2 Å². The lowest BCUT2D eigenvalue weighted by Crippen LogP contribution is -2.22. The number of hydrogen-bond donors (Lipinski definition) is 1. The molecule has 0 spiro atoms. The summed E-state index contributed by atoms with van der Waals surface area (Å²) in [5.41, 5.74) is 1.17. The van der Waals surface area contributed by atoms with Crippen molar-refractivity contribution >= 4 is 11.8 Å². The Kier molecular flexibility index (Phi) is 6.98. The molecule has 0 aliphatic heterocycles. The zero-order valence-corrected chi connectivity index (χ0v) is 12.5. The molecule has 18 heavy (non-hydrogen) atoms. The first kappa shape index (κ1) is 15.2. The molecule has 0 heterocycles. The van der Waals surface area contributed by atoms with E-state index in [2.05, 4.69) is 24.6 Å². The molecule has 0 bridgehead atoms. The van der Waals surface area contributed by atoms with Gasteiger partial charge in [-0.15, -0.1) is 0 Å². The zero-order chi connectivity index (χ0) is 13.4. The molecule has 0 aliphatic carbocycles. The highest BCUT2D eigenvalue weighted by Gasteiger charge is 2.15. The van der Waals surface area contributed by atoms with Gasteiger partial charge in [0.05, 0.1) is 14.2 Å². The minimum atomic E-state index is 0.312. The standard InChI is InChI=1S/C14H23NO2S/c1-5-15-13(8-9-18-4)12-10-11(16-2)6-7-14(12)17-3/h6-7,10,13,15H,5,8-9H2,1-4H3. The van der Waals surface area contributed by atoms with Crippen LogP contribution in [0.4, 0.5) is 0 Å². The second-order valence-corrected chi connectivity index (χ2v) is 4.99. The van der Waals surface area contributed by atoms with Gasteiger partial charge in [-0.25, -0.2) is 0 Å². The fourth-order valence-corrected chi connectivity index (χ4v) is 2.43. The molecule has 0 aliphatic rings. The summed E-state index contributed by atoms with van der Waals surface area (Å²) in [7, 11) is 3.40. The third kappa shape index (κ3) is 4.10. The first-order valence-electron chi connectivity index (χ1n) is 6.21. The summed E-state index contributed by atoms with van der Waals surface area (Å²) < 4.78 is 10.7. The van der Waals surface area contributed by atoms with Crippen LogP contribution in [0.3, 0.4) is 0 Å². The van der Waals surface area contributed by atoms with Crippen LogP contribution < -0.4 is 14.8 Å². The Morgan fingerprint density at radius 3 is 2.61 bits per heavy atom. The Morgan fingerprint density at radius 2 is 2.06 bits per heavy atom. The lowest BCUT2D eigenvalue weighted by atomic mass is 10.0. The summed E-state index contributed by atoms with van der Waals surface area (Å²) in [6.07, 6.45) is 3.21. The quantitative estimate of drug-likeness (QED) is 0.785. The smallest absolute Gasteiger partial charge is 0.123 e. The average Bonchev–Trinajstić information content (AvgIpc) is 2.42. The van der Waals surface area contributed by atoms with Crippen molar-refractivity contribution in [2.45, 2.75) is 19.4 Å². The summed E-state index contributed by atoms with van der Waals surface area (Å²) in [5, 5.41) is 3.51. The van der Waals surface area contributed by atoms with Gasteiger partial charge < -0.3 is 14.8 Å². The first-order valence-corrected chi connectivity index (χ1v) is 7.60. The van der Waals surface area contributed by atoms with Crippen molar-refractivity contribution in [2.75, 3.05) is 32.8 Å². The van der Waals surface area contributed by atoms with Crippen LogP contribution >= 0.6 is 11.8 Å². The fourth-order valence-electron chi connectivity index (χ4n) is 1.96. The number of methoxy groups -OCH3 is 2. The molecule has 0 amide bonds. The van der Waals surface area contributed by atoms with Crippen LogP contribution in [0.15, 0.2) is 18.2 Å². The molecule has 4 heteroatoms. The number of rotatable bonds is 8. The number of benzene rings is 1. The van der Waals surface area contributed by atoms with Crippen LogP contribution in [0, 0.1) is 0 Å². The Morgan fingerprint density at radius 1 is 1.28 bits per heavy atom. The van der Waals surface area contributed by atoms with Crippen LogP contribution in [0.2, 0.25) is 0 Å². The highest BCUT2D eigenvalue weighted by Crippen LogP contribution is 2.31. The molecular weight excluding hydrogens is 246 g/mol. The van der Waals surface area contributed by atoms with Gasteiger partial charge in [0.25, 0.3) is 0 Å². The van der Waals surface area contributed by atoms with Gasteiger partial charge in [0, 0.05) is 11.6 Å². The SMILES string of the molecule is CCNC(CCSC)c1cc(OC)ccc1OC. The summed E-state index contributed by atoms with van der Waals surface area (Å²) >= 11 is 1.86. The maximum Gasteiger partial charge on any atom is 0.123 e. The number of hydrogen-bond acceptors (Lipinski definition) is 4. The first-order chi connectivity index (χ1) is 8.76. The van der Waals surface area contributed by atoms with Crippen molar-refractivity contribution in [3.05, 3.63) is 23.8 Å². The Balaban J connectivity index is 2.98. The molecule has 1 atom stereocenters. The molecule has 0 saturated carbocycles. The highest BCUT2D eigenvalue weighted by molar-refractivity contribution is 7.98. The molecule has 0 radical (unpaired) electrons. The minimum Gasteiger partial charge on any atom is -0.497 e. The van der Waals surface area contributed by atoms with Gasteiger partial charge >= 0.3 is 0 Å². The number of thioether (sulfide) groups is 1. The van der Waals surface area contributed by atoms with E-state index in [9.17, 15) is 0 Å². The highest BCUT2D eigenvalue weighted by atomic mass is 32.2. The predicted molar refractivity (Wildman–Crippen MR) is 79.0 cm³/mol. The van der Waals surface area contributed by atoms with Crippen molar-refractivity contribution in [2.24, 2.45) is 0 Å². The molecule has 1 unspecified atom stereocenters. The molecule has 3 nitrogen and oxygen atoms in total. The molecule has 0 aromatic heterocycles. The number of ether oxygens (including phenoxy) is 2. The monoisotopic (exact) mass is 269 g/mol. The van der Waals surface area contributed by atoms with Crippen LogP contribution in [0.1, 0.15) is 24.9 Å². The third-order valence-electron chi connectivity index (χ3n) is 2.87. The van der Waals surface area contributed by atoms with E-state index >= 15 is 0 Å². The van der Waals surface area contributed by atoms with E-state index in [0.29, 0.717) is 6.04 Å². The third-order valence-corrected chi connectivity index (χ3v) is 3.52. The normalized spacial score (nSPS) is 12.2. The Labute approximate surface area is 114 Å². The Bertz CT molecular complexity index is 358. The van der Waals surface area contributed by atoms with Gasteiger partial charge in [0.2, 0.25) is 0 Å². The van der Waals surface area contributed by atoms with E-state index in [-0.39, 0.29) is 0 Å². The van der Waals surface area contributed by atoms with Crippen molar-refractivity contribution in [1.82, 2.24) is 5.32 Å². The minimum absolute atomic E-state index is 0.312. The molecule has 102 valence electrons. The van der Waals surface area contributed by atoms with Crippen LogP contribution in [-0.2, 0) is 0 Å². The fraction of sp³-hybridized carbons (Fsp3) is 0.571. The van der Waals surface area contributed by atoms with Gasteiger partial charge in [-0.1, -0.05) is 6.92 Å². The predicted octanol–water partition coefficient (Wildman–Crippen LogP) is 3.11. The summed E-state index contributed by atoms with van der Waals surface area (Å²) in [6.45, 7) is 3.07. The lowest BCUT2D eigenvalue weighted by Gasteiger charge is -2.21. The van der Waals surface area contributed by atoms with E-state index in [1.54, 1.807) is 14.2 Å². The average molecular weight is 269 g/mol. The second kappa shape index (κ2) is 8.27. The van der Waals surface area contributed by atoms with E-state index in [1.807, 2.05) is 23.9 Å². The molecule has 1 rings (SSSR count). The van der Waals surface area contributed by atoms with Crippen LogP contribution in [0.5, 0.6) is 11.5 Å². The summed E-state index contributed by atoms with van der Waals surface area (Å²) in [4.78, 5) is 0. The maximum absolute atomic E-state index is 5.45. The Hall–Kier alpha value is -0.870. The van der Waals surface area contributed by atoms with E-state index in [1.165, 1.54) is 5.56 Å². The van der Waals surface area contributed by atoms with Gasteiger partial charge in [-0.2, -0.15) is 11.8 Å². The van der Waals surface area contributed by atoms with Gasteiger partial charge in [-0.3, -0.25) is 0 Å². The van der Waals surface area contributed by atoms with E-state index in [4.69, 9.17) is 9.47 Å². The molecule has 1 N–H and O–H groups in total. The zero-order valence-electron chi connectivity index (χ0n) is 11.7. The van der Waals surface area contributed by atoms with E-state index in [0.717, 1.165) is 30.2 Å². The van der Waals surface area contributed by atoms with Crippen molar-refractivity contribution in [1.29, 1.82) is 0 Å². The topological polar surface area (TPSA) is 30.5 Å². The molecule has 1 aromatic rings. The molecule has 0 fully saturated rings. The van der Waals surface area contributed by atoms with Crippen molar-refractivity contribution < 1.29 is 9.47 Å². The van der Waals surface area contributed by atoms with E-state index < -0.39 is 0 Å². The van der Waals surface area contributed by atoms with Gasteiger partial charge in [0.1, 0.15) is 11.5 Å². The second-order valence-electron chi connectivity index (χ2n) is 4.00. The number of nitrogens with one attached hydrogen (secondary N) is 1. The maximum atomic E-state index is 5.45. The molecule has 0 saturated heterocycles. The van der Waals surface area contributed by atoms with Gasteiger partial charge in [0.15, 0.2) is 0 Å². The summed E-state index contributed by atoms with van der Waals surface area (Å²) in [6, 6.07) is 6.27. The largest absolute Gasteiger partial charge is 0.497 e. The lowest BCUT2D eigenvalue weighted by molar-refractivity contribution is 0.389. The van der Waals surface area contributed by atoms with Crippen molar-refractivity contribution in [3.8, 4) is 11.5 Å². The van der Waals surface area contributed by atoms with Crippen LogP contribution in [0.25, 0.3) is 0 Å².